The molecular weight excluding hydrogens is 530 g/mol. The fourth-order valence-electron chi connectivity index (χ4n) is 2.55. The van der Waals surface area contributed by atoms with E-state index in [1.807, 2.05) is 0 Å². The third-order valence-corrected chi connectivity index (χ3v) is 6.34. The van der Waals surface area contributed by atoms with Crippen molar-refractivity contribution >= 4 is 86.8 Å². The molecule has 2 heterocycles. The van der Waals surface area contributed by atoms with Crippen LogP contribution in [0.15, 0.2) is 35.4 Å². The highest BCUT2D eigenvalue weighted by Crippen LogP contribution is 2.35. The lowest BCUT2D eigenvalue weighted by atomic mass is 10.2. The van der Waals surface area contributed by atoms with Gasteiger partial charge in [-0.3, -0.25) is 14.5 Å². The van der Waals surface area contributed by atoms with Gasteiger partial charge in [0.2, 0.25) is 5.91 Å². The maximum absolute atomic E-state index is 12.7. The molecule has 3 rings (SSSR count). The van der Waals surface area contributed by atoms with E-state index in [0.29, 0.717) is 32.8 Å². The Morgan fingerprint density at radius 2 is 1.94 bits per heavy atom. The fourth-order valence-corrected chi connectivity index (χ4v) is 4.52. The molecule has 1 fully saturated rings. The van der Waals surface area contributed by atoms with Crippen LogP contribution in [0.5, 0.6) is 0 Å². The third kappa shape index (κ3) is 5.93. The molecule has 1 saturated heterocycles. The van der Waals surface area contributed by atoms with Crippen molar-refractivity contribution in [3.8, 4) is 0 Å². The predicted molar refractivity (Wildman–Crippen MR) is 124 cm³/mol. The van der Waals surface area contributed by atoms with Crippen molar-refractivity contribution in [3.63, 3.8) is 0 Å². The van der Waals surface area contributed by atoms with Gasteiger partial charge < -0.3 is 5.32 Å². The van der Waals surface area contributed by atoms with Crippen molar-refractivity contribution in [1.29, 1.82) is 0 Å². The average molecular weight is 541 g/mol. The Kier molecular flexibility index (Phi) is 7.72. The van der Waals surface area contributed by atoms with Crippen molar-refractivity contribution < 1.29 is 22.8 Å². The third-order valence-electron chi connectivity index (χ3n) is 4.11. The normalized spacial score (nSPS) is 15.6. The minimum absolute atomic E-state index is 0.0412. The summed E-state index contributed by atoms with van der Waals surface area (Å²) < 4.78 is 38.3. The summed E-state index contributed by atoms with van der Waals surface area (Å²) in [5.74, 6) is -1.21. The largest absolute Gasteiger partial charge is 0.417 e. The zero-order valence-corrected chi connectivity index (χ0v) is 19.6. The number of thioether (sulfide) groups is 1. The molecule has 32 heavy (non-hydrogen) atoms. The molecule has 1 aromatic heterocycles. The lowest BCUT2D eigenvalue weighted by Gasteiger charge is -2.14. The van der Waals surface area contributed by atoms with Gasteiger partial charge in [-0.1, -0.05) is 64.8 Å². The number of amides is 2. The number of carbonyl (C=O) groups is 2. The molecule has 0 aliphatic carbocycles. The van der Waals surface area contributed by atoms with Gasteiger partial charge in [-0.25, -0.2) is 4.98 Å². The van der Waals surface area contributed by atoms with Gasteiger partial charge in [-0.05, 0) is 29.8 Å². The lowest BCUT2D eigenvalue weighted by molar-refractivity contribution is -0.137. The van der Waals surface area contributed by atoms with Gasteiger partial charge in [0.05, 0.1) is 15.5 Å². The summed E-state index contributed by atoms with van der Waals surface area (Å²) in [6.45, 7) is -0.0412. The Labute approximate surface area is 204 Å². The van der Waals surface area contributed by atoms with E-state index in [9.17, 15) is 22.8 Å². The zero-order chi connectivity index (χ0) is 23.6. The second-order valence-corrected chi connectivity index (χ2v) is 9.28. The minimum Gasteiger partial charge on any atom is -0.309 e. The van der Waals surface area contributed by atoms with Crippen LogP contribution in [-0.4, -0.2) is 32.6 Å². The number of hydrogen-bond donors (Lipinski definition) is 1. The molecule has 1 aliphatic heterocycles. The van der Waals surface area contributed by atoms with Crippen LogP contribution < -0.4 is 5.32 Å². The number of halogens is 6. The number of alkyl halides is 3. The first kappa shape index (κ1) is 24.8. The molecule has 168 valence electrons. The lowest BCUT2D eigenvalue weighted by Crippen LogP contribution is -2.31. The monoisotopic (exact) mass is 539 g/mol. The van der Waals surface area contributed by atoms with Gasteiger partial charge >= 0.3 is 6.18 Å². The molecule has 0 radical (unpaired) electrons. The van der Waals surface area contributed by atoms with E-state index < -0.39 is 23.6 Å². The van der Waals surface area contributed by atoms with E-state index in [1.54, 1.807) is 24.3 Å². The predicted octanol–water partition coefficient (Wildman–Crippen LogP) is 6.29. The second kappa shape index (κ2) is 9.96. The summed E-state index contributed by atoms with van der Waals surface area (Å²) in [6.07, 6.45) is -2.65. The van der Waals surface area contributed by atoms with E-state index in [4.69, 9.17) is 47.0 Å². The maximum Gasteiger partial charge on any atom is 0.417 e. The average Bonchev–Trinajstić information content (AvgIpc) is 2.96. The van der Waals surface area contributed by atoms with Crippen LogP contribution in [0, 0.1) is 0 Å². The van der Waals surface area contributed by atoms with E-state index >= 15 is 0 Å². The summed E-state index contributed by atoms with van der Waals surface area (Å²) in [6, 6.07) is 5.50. The number of anilines is 1. The molecule has 2 aromatic rings. The first-order valence-electron chi connectivity index (χ1n) is 8.68. The fraction of sp³-hybridized carbons (Fsp3) is 0.158. The highest BCUT2D eigenvalue weighted by atomic mass is 35.5. The number of hydrogen-bond acceptors (Lipinski definition) is 5. The van der Waals surface area contributed by atoms with Crippen LogP contribution in [0.2, 0.25) is 15.1 Å². The zero-order valence-electron chi connectivity index (χ0n) is 15.7. The highest BCUT2D eigenvalue weighted by molar-refractivity contribution is 8.26. The molecule has 1 aromatic carbocycles. The number of aromatic nitrogens is 1. The highest BCUT2D eigenvalue weighted by Gasteiger charge is 2.33. The van der Waals surface area contributed by atoms with Crippen molar-refractivity contribution in [2.75, 3.05) is 11.9 Å². The molecule has 1 aliphatic rings. The number of thiocarbonyl (C=S) groups is 1. The second-order valence-electron chi connectivity index (χ2n) is 6.35. The SMILES string of the molecule is O=C(CCN1C(=O)/C(=C\c2ccc(Cl)cc2Cl)SC1=S)Nc1ncc(C(F)(F)F)cc1Cl. The van der Waals surface area contributed by atoms with Crippen molar-refractivity contribution in [2.24, 2.45) is 0 Å². The smallest absolute Gasteiger partial charge is 0.309 e. The van der Waals surface area contributed by atoms with E-state index in [2.05, 4.69) is 10.3 Å². The van der Waals surface area contributed by atoms with E-state index in [0.717, 1.165) is 11.8 Å². The summed E-state index contributed by atoms with van der Waals surface area (Å²) in [5, 5.41) is 2.78. The standard InChI is InChI=1S/C19H11Cl3F3N3O2S2/c20-11-2-1-9(12(21)7-11)5-14-17(30)28(18(31)32-14)4-3-15(29)27-16-13(22)6-10(8-26-16)19(23,24)25/h1-2,5-8H,3-4H2,(H,26,27,29)/b14-5+. The topological polar surface area (TPSA) is 62.3 Å². The molecule has 2 amide bonds. The number of benzene rings is 1. The van der Waals surface area contributed by atoms with Gasteiger partial charge in [0.15, 0.2) is 5.82 Å². The Morgan fingerprint density at radius 3 is 2.56 bits per heavy atom. The molecule has 13 heteroatoms. The van der Waals surface area contributed by atoms with E-state index in [-0.39, 0.29) is 28.1 Å². The summed E-state index contributed by atoms with van der Waals surface area (Å²) in [4.78, 5) is 30.0. The van der Waals surface area contributed by atoms with Crippen molar-refractivity contribution in [2.45, 2.75) is 12.6 Å². The van der Waals surface area contributed by atoms with Crippen LogP contribution in [0.25, 0.3) is 6.08 Å². The van der Waals surface area contributed by atoms with E-state index in [1.165, 1.54) is 4.90 Å². The number of rotatable bonds is 5. The molecule has 0 bridgehead atoms. The van der Waals surface area contributed by atoms with Crippen LogP contribution in [0.1, 0.15) is 17.5 Å². The van der Waals surface area contributed by atoms with Gasteiger partial charge in [-0.2, -0.15) is 13.2 Å². The molecule has 0 spiro atoms. The Morgan fingerprint density at radius 1 is 1.22 bits per heavy atom. The molecule has 0 atom stereocenters. The van der Waals surface area contributed by atoms with Crippen molar-refractivity contribution in [3.05, 3.63) is 61.6 Å². The molecular formula is C19H11Cl3F3N3O2S2. The van der Waals surface area contributed by atoms with Crippen LogP contribution >= 0.6 is 58.8 Å². The number of pyridine rings is 1. The first-order valence-corrected chi connectivity index (χ1v) is 11.0. The van der Waals surface area contributed by atoms with Crippen LogP contribution in [0.4, 0.5) is 19.0 Å². The Balaban J connectivity index is 1.63. The van der Waals surface area contributed by atoms with Crippen LogP contribution in [0.3, 0.4) is 0 Å². The number of nitrogens with zero attached hydrogens (tertiary/aromatic N) is 2. The van der Waals surface area contributed by atoms with Gasteiger partial charge in [0.1, 0.15) is 4.32 Å². The Hall–Kier alpha value is -1.85. The summed E-state index contributed by atoms with van der Waals surface area (Å²) in [5.41, 5.74) is -0.456. The molecule has 5 nitrogen and oxygen atoms in total. The maximum atomic E-state index is 12.7. The van der Waals surface area contributed by atoms with Gasteiger partial charge in [-0.15, -0.1) is 0 Å². The summed E-state index contributed by atoms with van der Waals surface area (Å²) >= 11 is 24.0. The van der Waals surface area contributed by atoms with Gasteiger partial charge in [0.25, 0.3) is 5.91 Å². The number of nitrogens with one attached hydrogen (secondary N) is 1. The molecule has 0 saturated carbocycles. The first-order chi connectivity index (χ1) is 15.0. The summed E-state index contributed by atoms with van der Waals surface area (Å²) in [7, 11) is 0. The minimum atomic E-state index is -4.61. The molecule has 1 N–H and O–H groups in total. The van der Waals surface area contributed by atoms with Crippen molar-refractivity contribution in [1.82, 2.24) is 9.88 Å². The molecule has 0 unspecified atom stereocenters. The van der Waals surface area contributed by atoms with Gasteiger partial charge in [0, 0.05) is 29.2 Å². The Bertz CT molecular complexity index is 1140. The number of carbonyl (C=O) groups excluding carboxylic acids is 2. The quantitative estimate of drug-likeness (QED) is 0.357. The van der Waals surface area contributed by atoms with Crippen LogP contribution in [-0.2, 0) is 15.8 Å².